The molecule has 0 aliphatic heterocycles. The Morgan fingerprint density at radius 2 is 2.26 bits per heavy atom. The van der Waals surface area contributed by atoms with E-state index in [4.69, 9.17) is 0 Å². The third-order valence-electron chi connectivity index (χ3n) is 2.82. The van der Waals surface area contributed by atoms with Gasteiger partial charge in [-0.1, -0.05) is 23.8 Å². The molecule has 98 valence electrons. The average molecular weight is 255 g/mol. The number of aromatic amines is 1. The Morgan fingerprint density at radius 3 is 2.95 bits per heavy atom. The minimum absolute atomic E-state index is 0.128. The lowest BCUT2D eigenvalue weighted by molar-refractivity contribution is -0.116. The number of H-pyrrole nitrogens is 1. The molecule has 1 amide bonds. The highest BCUT2D eigenvalue weighted by atomic mass is 16.1. The fourth-order valence-corrected chi connectivity index (χ4v) is 1.80. The van der Waals surface area contributed by atoms with Crippen molar-refractivity contribution in [2.45, 2.75) is 20.4 Å². The van der Waals surface area contributed by atoms with Crippen LogP contribution in [0, 0.1) is 13.8 Å². The third kappa shape index (κ3) is 3.81. The number of amides is 1. The SMILES string of the molecule is Cc1ccc(C=CC(=O)NCc2ncc[nH]2)c(C)c1. The largest absolute Gasteiger partial charge is 0.347 e. The van der Waals surface area contributed by atoms with Gasteiger partial charge in [-0.25, -0.2) is 4.98 Å². The Balaban J connectivity index is 1.92. The lowest BCUT2D eigenvalue weighted by Gasteiger charge is -2.02. The fourth-order valence-electron chi connectivity index (χ4n) is 1.80. The Labute approximate surface area is 112 Å². The Morgan fingerprint density at radius 1 is 1.42 bits per heavy atom. The van der Waals surface area contributed by atoms with Crippen LogP contribution in [0.4, 0.5) is 0 Å². The predicted octanol–water partition coefficient (Wildman–Crippen LogP) is 2.36. The predicted molar refractivity (Wildman–Crippen MR) is 75.4 cm³/mol. The van der Waals surface area contributed by atoms with E-state index < -0.39 is 0 Å². The topological polar surface area (TPSA) is 57.8 Å². The average Bonchev–Trinajstić information content (AvgIpc) is 2.88. The molecule has 1 heterocycles. The molecule has 19 heavy (non-hydrogen) atoms. The summed E-state index contributed by atoms with van der Waals surface area (Å²) in [6.07, 6.45) is 6.76. The van der Waals surface area contributed by atoms with Crippen LogP contribution < -0.4 is 5.32 Å². The van der Waals surface area contributed by atoms with E-state index in [2.05, 4.69) is 28.3 Å². The molecular weight excluding hydrogens is 238 g/mol. The first-order chi connectivity index (χ1) is 9.15. The number of nitrogens with one attached hydrogen (secondary N) is 2. The molecule has 0 saturated heterocycles. The molecule has 0 bridgehead atoms. The first-order valence-corrected chi connectivity index (χ1v) is 6.16. The molecule has 1 aromatic carbocycles. The van der Waals surface area contributed by atoms with Gasteiger partial charge in [-0.3, -0.25) is 4.79 Å². The van der Waals surface area contributed by atoms with Crippen molar-refractivity contribution >= 4 is 12.0 Å². The zero-order valence-corrected chi connectivity index (χ0v) is 11.1. The Hall–Kier alpha value is -2.36. The maximum Gasteiger partial charge on any atom is 0.244 e. The van der Waals surface area contributed by atoms with Crippen molar-refractivity contribution in [1.29, 1.82) is 0 Å². The number of benzene rings is 1. The highest BCUT2D eigenvalue weighted by Crippen LogP contribution is 2.11. The minimum Gasteiger partial charge on any atom is -0.347 e. The lowest BCUT2D eigenvalue weighted by atomic mass is 10.1. The van der Waals surface area contributed by atoms with Gasteiger partial charge in [0.25, 0.3) is 0 Å². The molecule has 1 aromatic heterocycles. The summed E-state index contributed by atoms with van der Waals surface area (Å²) in [6.45, 7) is 4.49. The zero-order valence-electron chi connectivity index (χ0n) is 11.1. The second kappa shape index (κ2) is 6.00. The molecule has 0 atom stereocenters. The number of aryl methyl sites for hydroxylation is 2. The summed E-state index contributed by atoms with van der Waals surface area (Å²) in [7, 11) is 0. The maximum atomic E-state index is 11.7. The van der Waals surface area contributed by atoms with E-state index in [1.54, 1.807) is 18.5 Å². The number of nitrogens with zero attached hydrogens (tertiary/aromatic N) is 1. The van der Waals surface area contributed by atoms with Gasteiger partial charge >= 0.3 is 0 Å². The van der Waals surface area contributed by atoms with Crippen molar-refractivity contribution in [3.8, 4) is 0 Å². The maximum absolute atomic E-state index is 11.7. The van der Waals surface area contributed by atoms with Crippen LogP contribution in [-0.4, -0.2) is 15.9 Å². The van der Waals surface area contributed by atoms with Gasteiger partial charge in [-0.05, 0) is 31.1 Å². The smallest absolute Gasteiger partial charge is 0.244 e. The number of imidazole rings is 1. The molecule has 0 radical (unpaired) electrons. The molecule has 4 nitrogen and oxygen atoms in total. The lowest BCUT2D eigenvalue weighted by Crippen LogP contribution is -2.20. The van der Waals surface area contributed by atoms with E-state index in [9.17, 15) is 4.79 Å². The van der Waals surface area contributed by atoms with Crippen LogP contribution in [0.2, 0.25) is 0 Å². The minimum atomic E-state index is -0.128. The van der Waals surface area contributed by atoms with E-state index in [1.807, 2.05) is 25.1 Å². The molecule has 0 spiro atoms. The van der Waals surface area contributed by atoms with Crippen LogP contribution in [0.15, 0.2) is 36.7 Å². The normalized spacial score (nSPS) is 10.8. The van der Waals surface area contributed by atoms with Crippen molar-refractivity contribution in [3.05, 3.63) is 59.2 Å². The van der Waals surface area contributed by atoms with Gasteiger partial charge in [0.15, 0.2) is 0 Å². The van der Waals surface area contributed by atoms with E-state index in [1.165, 1.54) is 5.56 Å². The van der Waals surface area contributed by atoms with E-state index >= 15 is 0 Å². The van der Waals surface area contributed by atoms with Crippen LogP contribution in [0.3, 0.4) is 0 Å². The van der Waals surface area contributed by atoms with Gasteiger partial charge in [0, 0.05) is 18.5 Å². The number of rotatable bonds is 4. The first kappa shape index (κ1) is 13.1. The third-order valence-corrected chi connectivity index (χ3v) is 2.82. The highest BCUT2D eigenvalue weighted by Gasteiger charge is 1.99. The molecular formula is C15H17N3O. The molecule has 0 fully saturated rings. The van der Waals surface area contributed by atoms with Gasteiger partial charge in [-0.2, -0.15) is 0 Å². The zero-order chi connectivity index (χ0) is 13.7. The summed E-state index contributed by atoms with van der Waals surface area (Å²) < 4.78 is 0. The van der Waals surface area contributed by atoms with E-state index in [-0.39, 0.29) is 5.91 Å². The van der Waals surface area contributed by atoms with Crippen LogP contribution in [0.25, 0.3) is 6.08 Å². The van der Waals surface area contributed by atoms with Crippen LogP contribution in [0.5, 0.6) is 0 Å². The number of carbonyl (C=O) groups is 1. The second-order valence-electron chi connectivity index (χ2n) is 4.45. The summed E-state index contributed by atoms with van der Waals surface area (Å²) in [5, 5.41) is 2.77. The molecule has 2 rings (SSSR count). The van der Waals surface area contributed by atoms with Crippen molar-refractivity contribution < 1.29 is 4.79 Å². The van der Waals surface area contributed by atoms with Gasteiger partial charge in [0.1, 0.15) is 5.82 Å². The Bertz CT molecular complexity index is 585. The van der Waals surface area contributed by atoms with Crippen LogP contribution >= 0.6 is 0 Å². The van der Waals surface area contributed by atoms with Crippen LogP contribution in [-0.2, 0) is 11.3 Å². The molecule has 2 N–H and O–H groups in total. The second-order valence-corrected chi connectivity index (χ2v) is 4.45. The number of carbonyl (C=O) groups excluding carboxylic acids is 1. The van der Waals surface area contributed by atoms with Crippen molar-refractivity contribution in [2.75, 3.05) is 0 Å². The van der Waals surface area contributed by atoms with E-state index in [0.717, 1.165) is 17.0 Å². The molecule has 0 aliphatic rings. The number of hydrogen-bond acceptors (Lipinski definition) is 2. The van der Waals surface area contributed by atoms with Gasteiger partial charge in [-0.15, -0.1) is 0 Å². The van der Waals surface area contributed by atoms with Gasteiger partial charge < -0.3 is 10.3 Å². The van der Waals surface area contributed by atoms with Crippen molar-refractivity contribution in [1.82, 2.24) is 15.3 Å². The summed E-state index contributed by atoms with van der Waals surface area (Å²) in [5.41, 5.74) is 3.44. The molecule has 0 saturated carbocycles. The molecule has 0 unspecified atom stereocenters. The summed E-state index contributed by atoms with van der Waals surface area (Å²) >= 11 is 0. The molecule has 4 heteroatoms. The summed E-state index contributed by atoms with van der Waals surface area (Å²) in [5.74, 6) is 0.615. The standard InChI is InChI=1S/C15H17N3O/c1-11-3-4-13(12(2)9-11)5-6-15(19)18-10-14-16-7-8-17-14/h3-9H,10H2,1-2H3,(H,16,17)(H,18,19). The first-order valence-electron chi connectivity index (χ1n) is 6.16. The highest BCUT2D eigenvalue weighted by molar-refractivity contribution is 5.91. The molecule has 2 aromatic rings. The Kier molecular flexibility index (Phi) is 4.13. The number of aromatic nitrogens is 2. The summed E-state index contributed by atoms with van der Waals surface area (Å²) in [6, 6.07) is 6.15. The number of hydrogen-bond donors (Lipinski definition) is 2. The van der Waals surface area contributed by atoms with Crippen molar-refractivity contribution in [2.24, 2.45) is 0 Å². The molecule has 0 aliphatic carbocycles. The monoisotopic (exact) mass is 255 g/mol. The summed E-state index contributed by atoms with van der Waals surface area (Å²) in [4.78, 5) is 18.6. The fraction of sp³-hybridized carbons (Fsp3) is 0.200. The van der Waals surface area contributed by atoms with Gasteiger partial charge in [0.2, 0.25) is 5.91 Å². The van der Waals surface area contributed by atoms with Crippen LogP contribution in [0.1, 0.15) is 22.5 Å². The van der Waals surface area contributed by atoms with Crippen molar-refractivity contribution in [3.63, 3.8) is 0 Å². The van der Waals surface area contributed by atoms with E-state index in [0.29, 0.717) is 6.54 Å². The van der Waals surface area contributed by atoms with Gasteiger partial charge in [0.05, 0.1) is 6.54 Å². The quantitative estimate of drug-likeness (QED) is 0.824.